The summed E-state index contributed by atoms with van der Waals surface area (Å²) in [5.74, 6) is 3.83. The third-order valence-electron chi connectivity index (χ3n) is 17.0. The van der Waals surface area contributed by atoms with Crippen molar-refractivity contribution < 1.29 is 0 Å². The lowest BCUT2D eigenvalue weighted by Crippen LogP contribution is -2.01. The summed E-state index contributed by atoms with van der Waals surface area (Å²) in [6.07, 6.45) is 5.37. The summed E-state index contributed by atoms with van der Waals surface area (Å²) in [4.78, 5) is 28.8. The number of hydrogen-bond acceptors (Lipinski definition) is 6. The fourth-order valence-corrected chi connectivity index (χ4v) is 12.7. The molecule has 440 valence electrons. The van der Waals surface area contributed by atoms with E-state index in [9.17, 15) is 0 Å². The predicted octanol–water partition coefficient (Wildman–Crippen LogP) is 20.6. The van der Waals surface area contributed by atoms with E-state index in [0.717, 1.165) is 67.7 Å². The second-order valence-corrected chi connectivity index (χ2v) is 23.3. The van der Waals surface area contributed by atoms with E-state index in [1.807, 2.05) is 146 Å². The molecule has 0 bridgehead atoms. The summed E-state index contributed by atoms with van der Waals surface area (Å²) in [6.45, 7) is 0. The molecule has 0 aliphatic heterocycles. The number of aromatic nitrogens is 9. The van der Waals surface area contributed by atoms with Crippen molar-refractivity contribution in [2.45, 2.75) is 6.42 Å². The van der Waals surface area contributed by atoms with Crippen LogP contribution in [-0.4, -0.2) is 43.6 Å². The Bertz CT molecular complexity index is 5420. The maximum atomic E-state index is 6.14. The van der Waals surface area contributed by atoms with Crippen LogP contribution in [0.15, 0.2) is 328 Å². The number of halogens is 1. The third-order valence-corrected chi connectivity index (χ3v) is 17.2. The van der Waals surface area contributed by atoms with Gasteiger partial charge in [-0.15, -0.1) is 0 Å². The molecule has 0 atom stereocenters. The first-order chi connectivity index (χ1) is 46.0. The molecule has 0 unspecified atom stereocenters. The van der Waals surface area contributed by atoms with Gasteiger partial charge in [0.1, 0.15) is 0 Å². The van der Waals surface area contributed by atoms with Gasteiger partial charge in [0.2, 0.25) is 0 Å². The van der Waals surface area contributed by atoms with Gasteiger partial charge in [0, 0.05) is 89.4 Å². The van der Waals surface area contributed by atoms with Crippen LogP contribution in [0.4, 0.5) is 0 Å². The predicted molar refractivity (Wildman–Crippen MR) is 380 cm³/mol. The summed E-state index contributed by atoms with van der Waals surface area (Å²) < 4.78 is 6.89. The average Bonchev–Trinajstić information content (AvgIpc) is 1.60. The van der Waals surface area contributed by atoms with E-state index in [1.165, 1.54) is 55.0 Å². The SMILES string of the molecule is Clc1cccc(-c2nc(-c3ccccc3)nc(-c3ccccc3)n2)c1.c1ccc(-c2nc(-c3ccccc3)nc(-c3cccc(-n4c5ccccc5c5cc6ccn(-c7ccccc7)c6cc54)c3)n2)cc1.c1ccc(-n2ccc3cc4c(cc32)Cc2ccccc2-4)cc1. The van der Waals surface area contributed by atoms with Gasteiger partial charge < -0.3 is 13.7 Å². The standard InChI is InChI=1S/C41H27N5.C21H14ClN3.C21H15N/c1-4-13-28(14-5-1)39-42-40(29-15-6-2-7-16-29)44-41(43-39)31-17-12-20-33(25-31)46-36-22-11-10-21-34(36)35-26-30-23-24-45(37(30)27-38(35)46)32-18-8-3-9-19-32;22-18-13-7-12-17(14-18)21-24-19(15-8-3-1-4-9-15)23-20(25-21)16-10-5-2-6-11-16;1-2-7-18(8-3-1)22-11-10-16-13-20-17(14-21(16)22)12-15-6-4-5-9-19(15)20/h1-27H;1-14H;1-11,13-14H,12H2. The van der Waals surface area contributed by atoms with E-state index in [-0.39, 0.29) is 0 Å². The quantitative estimate of drug-likeness (QED) is 0.143. The minimum absolute atomic E-state index is 0.607. The molecule has 0 fully saturated rings. The fraction of sp³-hybridized carbons (Fsp3) is 0.0120. The molecule has 18 rings (SSSR count). The molecule has 0 saturated carbocycles. The van der Waals surface area contributed by atoms with Crippen molar-refractivity contribution in [2.24, 2.45) is 0 Å². The van der Waals surface area contributed by atoms with Crippen LogP contribution >= 0.6 is 11.6 Å². The summed E-state index contributed by atoms with van der Waals surface area (Å²) in [7, 11) is 0. The Balaban J connectivity index is 0.000000122. The van der Waals surface area contributed by atoms with Gasteiger partial charge in [-0.05, 0) is 120 Å². The maximum Gasteiger partial charge on any atom is 0.164 e. The number of para-hydroxylation sites is 3. The number of nitrogens with zero attached hydrogens (tertiary/aromatic N) is 9. The molecule has 5 aromatic heterocycles. The lowest BCUT2D eigenvalue weighted by molar-refractivity contribution is 1.07. The van der Waals surface area contributed by atoms with Crippen LogP contribution in [0.5, 0.6) is 0 Å². The Kier molecular flexibility index (Phi) is 14.9. The van der Waals surface area contributed by atoms with E-state index in [0.29, 0.717) is 40.0 Å². The first-order valence-corrected chi connectivity index (χ1v) is 31.4. The van der Waals surface area contributed by atoms with Gasteiger partial charge in [0.25, 0.3) is 0 Å². The van der Waals surface area contributed by atoms with Gasteiger partial charge in [0.05, 0.1) is 22.1 Å². The Morgan fingerprint density at radius 3 is 1.19 bits per heavy atom. The van der Waals surface area contributed by atoms with E-state index >= 15 is 0 Å². The zero-order valence-electron chi connectivity index (χ0n) is 50.3. The van der Waals surface area contributed by atoms with Crippen LogP contribution in [0.1, 0.15) is 11.1 Å². The van der Waals surface area contributed by atoms with Crippen molar-refractivity contribution in [1.29, 1.82) is 0 Å². The monoisotopic (exact) mass is 1210 g/mol. The number of rotatable bonds is 9. The van der Waals surface area contributed by atoms with E-state index in [4.69, 9.17) is 26.6 Å². The Labute approximate surface area is 542 Å². The Morgan fingerprint density at radius 1 is 0.258 bits per heavy atom. The maximum absolute atomic E-state index is 6.14. The molecular formula is C83H56ClN9. The van der Waals surface area contributed by atoms with Crippen LogP contribution in [0, 0.1) is 0 Å². The van der Waals surface area contributed by atoms with Crippen LogP contribution in [-0.2, 0) is 6.42 Å². The molecule has 0 saturated heterocycles. The molecule has 1 aliphatic carbocycles. The zero-order valence-corrected chi connectivity index (χ0v) is 51.0. The molecule has 0 radical (unpaired) electrons. The van der Waals surface area contributed by atoms with Crippen LogP contribution in [0.2, 0.25) is 5.02 Å². The first-order valence-electron chi connectivity index (χ1n) is 31.0. The van der Waals surface area contributed by atoms with Crippen molar-refractivity contribution in [3.8, 4) is 96.5 Å². The van der Waals surface area contributed by atoms with Crippen molar-refractivity contribution >= 4 is 55.2 Å². The summed E-state index contributed by atoms with van der Waals surface area (Å²) in [6, 6.07) is 108. The van der Waals surface area contributed by atoms with Gasteiger partial charge >= 0.3 is 0 Å². The van der Waals surface area contributed by atoms with Gasteiger partial charge in [-0.2, -0.15) is 0 Å². The molecular weight excluding hydrogens is 1160 g/mol. The highest BCUT2D eigenvalue weighted by Gasteiger charge is 2.21. The van der Waals surface area contributed by atoms with E-state index in [1.54, 1.807) is 0 Å². The normalized spacial score (nSPS) is 11.5. The molecule has 0 spiro atoms. The van der Waals surface area contributed by atoms with Crippen molar-refractivity contribution in [2.75, 3.05) is 0 Å². The Morgan fingerprint density at radius 2 is 0.667 bits per heavy atom. The highest BCUT2D eigenvalue weighted by molar-refractivity contribution is 6.30. The lowest BCUT2D eigenvalue weighted by Gasteiger charge is -2.12. The third kappa shape index (κ3) is 11.2. The van der Waals surface area contributed by atoms with Crippen molar-refractivity contribution in [3.05, 3.63) is 344 Å². The highest BCUT2D eigenvalue weighted by Crippen LogP contribution is 2.41. The lowest BCUT2D eigenvalue weighted by atomic mass is 10.0. The van der Waals surface area contributed by atoms with E-state index in [2.05, 4.69) is 211 Å². The van der Waals surface area contributed by atoms with Crippen molar-refractivity contribution in [1.82, 2.24) is 43.6 Å². The fourth-order valence-electron chi connectivity index (χ4n) is 12.6. The molecule has 9 nitrogen and oxygen atoms in total. The van der Waals surface area contributed by atoms with Crippen LogP contribution in [0.25, 0.3) is 140 Å². The summed E-state index contributed by atoms with van der Waals surface area (Å²) in [5, 5.41) is 5.60. The van der Waals surface area contributed by atoms with E-state index < -0.39 is 0 Å². The topological polar surface area (TPSA) is 92.1 Å². The molecule has 12 aromatic carbocycles. The number of fused-ring (bicyclic) bond motifs is 8. The van der Waals surface area contributed by atoms with Crippen LogP contribution in [0.3, 0.4) is 0 Å². The van der Waals surface area contributed by atoms with Gasteiger partial charge in [-0.1, -0.05) is 236 Å². The smallest absolute Gasteiger partial charge is 0.164 e. The number of benzene rings is 12. The molecule has 1 aliphatic rings. The first kappa shape index (κ1) is 56.1. The number of hydrogen-bond donors (Lipinski definition) is 0. The zero-order chi connectivity index (χ0) is 62.0. The van der Waals surface area contributed by atoms with Gasteiger partial charge in [-0.3, -0.25) is 0 Å². The minimum atomic E-state index is 0.607. The van der Waals surface area contributed by atoms with Crippen LogP contribution < -0.4 is 0 Å². The highest BCUT2D eigenvalue weighted by atomic mass is 35.5. The van der Waals surface area contributed by atoms with Gasteiger partial charge in [0.15, 0.2) is 34.9 Å². The van der Waals surface area contributed by atoms with Gasteiger partial charge in [-0.25, -0.2) is 29.9 Å². The minimum Gasteiger partial charge on any atom is -0.317 e. The summed E-state index contributed by atoms with van der Waals surface area (Å²) in [5.41, 5.74) is 19.4. The average molecular weight is 1210 g/mol. The molecule has 0 amide bonds. The largest absolute Gasteiger partial charge is 0.317 e. The van der Waals surface area contributed by atoms with Crippen molar-refractivity contribution in [3.63, 3.8) is 0 Å². The second kappa shape index (κ2) is 24.7. The molecule has 5 heterocycles. The Hall–Kier alpha value is -12.2. The molecule has 93 heavy (non-hydrogen) atoms. The summed E-state index contributed by atoms with van der Waals surface area (Å²) >= 11 is 6.14. The molecule has 10 heteroatoms. The molecule has 0 N–H and O–H groups in total. The second-order valence-electron chi connectivity index (χ2n) is 22.9. The molecule has 17 aromatic rings.